The van der Waals surface area contributed by atoms with E-state index in [0.717, 1.165) is 5.56 Å². The SMILES string of the molecule is COc1ccc(/C=C2\OC(C(F)(F)F)c3ccccc32)cc1. The molecular formula is C17H13F3O2. The van der Waals surface area contributed by atoms with E-state index < -0.39 is 12.3 Å². The fraction of sp³-hybridized carbons (Fsp3) is 0.176. The van der Waals surface area contributed by atoms with E-state index in [4.69, 9.17) is 9.47 Å². The van der Waals surface area contributed by atoms with Crippen LogP contribution in [0.15, 0.2) is 48.5 Å². The zero-order valence-corrected chi connectivity index (χ0v) is 11.7. The van der Waals surface area contributed by atoms with Crippen LogP contribution in [0.2, 0.25) is 0 Å². The van der Waals surface area contributed by atoms with Crippen LogP contribution in [0.1, 0.15) is 22.8 Å². The summed E-state index contributed by atoms with van der Waals surface area (Å²) < 4.78 is 49.5. The summed E-state index contributed by atoms with van der Waals surface area (Å²) in [6.45, 7) is 0. The lowest BCUT2D eigenvalue weighted by molar-refractivity contribution is -0.201. The monoisotopic (exact) mass is 306 g/mol. The third-order valence-electron chi connectivity index (χ3n) is 3.46. The number of hydrogen-bond acceptors (Lipinski definition) is 2. The molecule has 5 heteroatoms. The lowest BCUT2D eigenvalue weighted by atomic mass is 10.0. The molecule has 0 saturated heterocycles. The molecule has 3 rings (SSSR count). The van der Waals surface area contributed by atoms with Gasteiger partial charge in [-0.15, -0.1) is 0 Å². The van der Waals surface area contributed by atoms with E-state index in [9.17, 15) is 13.2 Å². The summed E-state index contributed by atoms with van der Waals surface area (Å²) in [5, 5.41) is 0. The van der Waals surface area contributed by atoms with Crippen molar-refractivity contribution < 1.29 is 22.6 Å². The molecule has 2 aromatic carbocycles. The summed E-state index contributed by atoms with van der Waals surface area (Å²) in [5.74, 6) is 0.908. The second-order valence-electron chi connectivity index (χ2n) is 4.91. The van der Waals surface area contributed by atoms with Crippen molar-refractivity contribution in [1.29, 1.82) is 0 Å². The highest BCUT2D eigenvalue weighted by molar-refractivity contribution is 5.81. The predicted octanol–water partition coefficient (Wildman–Crippen LogP) is 4.83. The van der Waals surface area contributed by atoms with Gasteiger partial charge in [-0.3, -0.25) is 0 Å². The van der Waals surface area contributed by atoms with Gasteiger partial charge in [0, 0.05) is 11.1 Å². The van der Waals surface area contributed by atoms with Crippen molar-refractivity contribution in [2.45, 2.75) is 12.3 Å². The molecule has 0 radical (unpaired) electrons. The van der Waals surface area contributed by atoms with Gasteiger partial charge in [0.25, 0.3) is 0 Å². The van der Waals surface area contributed by atoms with Crippen LogP contribution in [0.5, 0.6) is 5.75 Å². The highest BCUT2D eigenvalue weighted by atomic mass is 19.4. The van der Waals surface area contributed by atoms with E-state index >= 15 is 0 Å². The Hall–Kier alpha value is -2.43. The molecule has 0 amide bonds. The number of halogens is 3. The molecule has 114 valence electrons. The summed E-state index contributed by atoms with van der Waals surface area (Å²) in [4.78, 5) is 0. The van der Waals surface area contributed by atoms with Crippen molar-refractivity contribution in [2.75, 3.05) is 7.11 Å². The van der Waals surface area contributed by atoms with Crippen molar-refractivity contribution >= 4 is 11.8 Å². The van der Waals surface area contributed by atoms with Crippen LogP contribution in [0, 0.1) is 0 Å². The van der Waals surface area contributed by atoms with E-state index in [-0.39, 0.29) is 11.3 Å². The van der Waals surface area contributed by atoms with Crippen LogP contribution in [0.4, 0.5) is 13.2 Å². The first kappa shape index (κ1) is 14.5. The van der Waals surface area contributed by atoms with Crippen molar-refractivity contribution in [1.82, 2.24) is 0 Å². The second-order valence-corrected chi connectivity index (χ2v) is 4.91. The van der Waals surface area contributed by atoms with Crippen LogP contribution in [0.25, 0.3) is 11.8 Å². The average molecular weight is 306 g/mol. The Bertz CT molecular complexity index is 703. The number of rotatable bonds is 2. The zero-order chi connectivity index (χ0) is 15.7. The fourth-order valence-corrected chi connectivity index (χ4v) is 2.41. The smallest absolute Gasteiger partial charge is 0.429 e. The largest absolute Gasteiger partial charge is 0.497 e. The summed E-state index contributed by atoms with van der Waals surface area (Å²) in [6.07, 6.45) is -4.75. The van der Waals surface area contributed by atoms with Gasteiger partial charge in [-0.05, 0) is 23.8 Å². The van der Waals surface area contributed by atoms with Gasteiger partial charge in [0.05, 0.1) is 7.11 Å². The number of alkyl halides is 3. The molecule has 1 aliphatic heterocycles. The molecule has 0 N–H and O–H groups in total. The molecule has 0 aliphatic carbocycles. The summed E-state index contributed by atoms with van der Waals surface area (Å²) >= 11 is 0. The maximum Gasteiger partial charge on any atom is 0.429 e. The molecule has 2 aromatic rings. The van der Waals surface area contributed by atoms with Gasteiger partial charge in [0.15, 0.2) is 0 Å². The van der Waals surface area contributed by atoms with Gasteiger partial charge in [0.1, 0.15) is 11.5 Å². The molecule has 0 bridgehead atoms. The third-order valence-corrected chi connectivity index (χ3v) is 3.46. The van der Waals surface area contributed by atoms with Gasteiger partial charge in [-0.1, -0.05) is 36.4 Å². The highest BCUT2D eigenvalue weighted by Gasteiger charge is 2.48. The first-order valence-corrected chi connectivity index (χ1v) is 6.67. The summed E-state index contributed by atoms with van der Waals surface area (Å²) in [5.41, 5.74) is 1.36. The van der Waals surface area contributed by atoms with E-state index in [1.54, 1.807) is 55.7 Å². The van der Waals surface area contributed by atoms with Crippen molar-refractivity contribution in [3.63, 3.8) is 0 Å². The Morgan fingerprint density at radius 3 is 2.36 bits per heavy atom. The van der Waals surface area contributed by atoms with Crippen molar-refractivity contribution in [3.05, 3.63) is 65.2 Å². The van der Waals surface area contributed by atoms with Crippen LogP contribution >= 0.6 is 0 Å². The Labute approximate surface area is 125 Å². The van der Waals surface area contributed by atoms with Crippen LogP contribution < -0.4 is 4.74 Å². The zero-order valence-electron chi connectivity index (χ0n) is 11.7. The number of hydrogen-bond donors (Lipinski definition) is 0. The maximum atomic E-state index is 13.1. The predicted molar refractivity (Wildman–Crippen MR) is 77.2 cm³/mol. The van der Waals surface area contributed by atoms with Gasteiger partial charge in [-0.2, -0.15) is 13.2 Å². The molecule has 1 heterocycles. The molecular weight excluding hydrogens is 293 g/mol. The van der Waals surface area contributed by atoms with Gasteiger partial charge >= 0.3 is 6.18 Å². The molecule has 0 saturated carbocycles. The molecule has 22 heavy (non-hydrogen) atoms. The highest BCUT2D eigenvalue weighted by Crippen LogP contribution is 2.47. The normalized spacial score (nSPS) is 18.9. The lowest BCUT2D eigenvalue weighted by Gasteiger charge is -2.15. The van der Waals surface area contributed by atoms with Crippen LogP contribution in [-0.4, -0.2) is 13.3 Å². The second kappa shape index (κ2) is 5.40. The average Bonchev–Trinajstić information content (AvgIpc) is 2.87. The molecule has 0 aromatic heterocycles. The number of fused-ring (bicyclic) bond motifs is 1. The number of ether oxygens (including phenoxy) is 2. The Kier molecular flexibility index (Phi) is 3.56. The van der Waals surface area contributed by atoms with Gasteiger partial charge in [-0.25, -0.2) is 0 Å². The van der Waals surface area contributed by atoms with E-state index in [2.05, 4.69) is 0 Å². The van der Waals surface area contributed by atoms with Gasteiger partial charge < -0.3 is 9.47 Å². The quantitative estimate of drug-likeness (QED) is 0.791. The van der Waals surface area contributed by atoms with E-state index in [1.165, 1.54) is 6.07 Å². The third kappa shape index (κ3) is 2.66. The molecule has 1 aliphatic rings. The minimum absolute atomic E-state index is 0.148. The molecule has 0 fully saturated rings. The Morgan fingerprint density at radius 2 is 1.73 bits per heavy atom. The number of benzene rings is 2. The maximum absolute atomic E-state index is 13.1. The molecule has 2 nitrogen and oxygen atoms in total. The lowest BCUT2D eigenvalue weighted by Crippen LogP contribution is -2.19. The number of methoxy groups -OCH3 is 1. The molecule has 1 unspecified atom stereocenters. The minimum Gasteiger partial charge on any atom is -0.497 e. The Balaban J connectivity index is 1.99. The first-order valence-electron chi connectivity index (χ1n) is 6.67. The Morgan fingerprint density at radius 1 is 1.05 bits per heavy atom. The van der Waals surface area contributed by atoms with Crippen molar-refractivity contribution in [2.24, 2.45) is 0 Å². The topological polar surface area (TPSA) is 18.5 Å². The molecule has 1 atom stereocenters. The van der Waals surface area contributed by atoms with E-state index in [0.29, 0.717) is 11.3 Å². The summed E-state index contributed by atoms with van der Waals surface area (Å²) in [7, 11) is 1.55. The first-order chi connectivity index (χ1) is 10.5. The minimum atomic E-state index is -4.44. The summed E-state index contributed by atoms with van der Waals surface area (Å²) in [6, 6.07) is 13.4. The van der Waals surface area contributed by atoms with Crippen LogP contribution in [-0.2, 0) is 4.74 Å². The van der Waals surface area contributed by atoms with E-state index in [1.807, 2.05) is 0 Å². The van der Waals surface area contributed by atoms with Crippen molar-refractivity contribution in [3.8, 4) is 5.75 Å². The fourth-order valence-electron chi connectivity index (χ4n) is 2.41. The standard InChI is InChI=1S/C17H13F3O2/c1-21-12-8-6-11(7-9-12)10-15-13-4-2-3-5-14(13)16(22-15)17(18,19)20/h2-10,16H,1H3/b15-10-. The molecule has 0 spiro atoms. The van der Waals surface area contributed by atoms with Gasteiger partial charge in [0.2, 0.25) is 6.10 Å². The van der Waals surface area contributed by atoms with Crippen LogP contribution in [0.3, 0.4) is 0 Å².